The molecular formula is C18H26N2. The van der Waals surface area contributed by atoms with Gasteiger partial charge in [0.2, 0.25) is 0 Å². The fourth-order valence-corrected chi connectivity index (χ4v) is 4.76. The van der Waals surface area contributed by atoms with Crippen molar-refractivity contribution in [3.63, 3.8) is 0 Å². The zero-order valence-electron chi connectivity index (χ0n) is 12.6. The Morgan fingerprint density at radius 2 is 1.75 bits per heavy atom. The molecule has 1 aromatic rings. The van der Waals surface area contributed by atoms with Gasteiger partial charge >= 0.3 is 0 Å². The molecule has 0 saturated carbocycles. The van der Waals surface area contributed by atoms with Crippen molar-refractivity contribution < 1.29 is 0 Å². The van der Waals surface area contributed by atoms with E-state index in [0.717, 1.165) is 18.1 Å². The first-order valence-corrected chi connectivity index (χ1v) is 8.42. The third-order valence-electron chi connectivity index (χ3n) is 5.76. The monoisotopic (exact) mass is 270 g/mol. The molecule has 2 saturated heterocycles. The van der Waals surface area contributed by atoms with Crippen LogP contribution in [0.3, 0.4) is 0 Å². The van der Waals surface area contributed by atoms with Gasteiger partial charge in [-0.1, -0.05) is 6.07 Å². The highest BCUT2D eigenvalue weighted by molar-refractivity contribution is 5.54. The predicted octanol–water partition coefficient (Wildman–Crippen LogP) is 3.28. The average Bonchev–Trinajstić information content (AvgIpc) is 2.93. The van der Waals surface area contributed by atoms with Crippen molar-refractivity contribution in [2.24, 2.45) is 0 Å². The quantitative estimate of drug-likeness (QED) is 0.887. The Labute approximate surface area is 122 Å². The molecule has 1 N–H and O–H groups in total. The molecule has 2 heterocycles. The lowest BCUT2D eigenvalue weighted by Gasteiger charge is -2.50. The van der Waals surface area contributed by atoms with Gasteiger partial charge in [-0.2, -0.15) is 0 Å². The van der Waals surface area contributed by atoms with Crippen molar-refractivity contribution in [3.8, 4) is 0 Å². The molecule has 0 spiro atoms. The molecule has 2 fully saturated rings. The number of hydrogen-bond acceptors (Lipinski definition) is 2. The first-order chi connectivity index (χ1) is 9.85. The maximum atomic E-state index is 3.52. The Bertz CT molecular complexity index is 482. The van der Waals surface area contributed by atoms with Crippen LogP contribution in [0.5, 0.6) is 0 Å². The number of benzene rings is 1. The molecule has 0 radical (unpaired) electrons. The number of anilines is 1. The van der Waals surface area contributed by atoms with E-state index < -0.39 is 0 Å². The van der Waals surface area contributed by atoms with E-state index in [1.54, 1.807) is 11.1 Å². The molecule has 2 bridgehead atoms. The molecule has 0 amide bonds. The third kappa shape index (κ3) is 2.05. The number of nitrogens with zero attached hydrogens (tertiary/aromatic N) is 1. The highest BCUT2D eigenvalue weighted by Gasteiger charge is 2.37. The smallest absolute Gasteiger partial charge is 0.0374 e. The second-order valence-corrected chi connectivity index (χ2v) is 6.91. The Hall–Kier alpha value is -1.02. The van der Waals surface area contributed by atoms with E-state index in [2.05, 4.69) is 35.5 Å². The topological polar surface area (TPSA) is 15.3 Å². The van der Waals surface area contributed by atoms with E-state index in [4.69, 9.17) is 0 Å². The molecule has 0 aromatic heterocycles. The molecule has 3 aliphatic rings. The van der Waals surface area contributed by atoms with E-state index >= 15 is 0 Å². The number of rotatable bonds is 2. The fraction of sp³-hybridized carbons (Fsp3) is 0.667. The number of nitrogens with one attached hydrogen (secondary N) is 1. The lowest BCUT2D eigenvalue weighted by molar-refractivity contribution is 0.252. The fourth-order valence-electron chi connectivity index (χ4n) is 4.76. The van der Waals surface area contributed by atoms with Gasteiger partial charge in [-0.15, -0.1) is 0 Å². The van der Waals surface area contributed by atoms with Crippen molar-refractivity contribution in [2.75, 3.05) is 11.9 Å². The van der Waals surface area contributed by atoms with Crippen LogP contribution in [0.1, 0.15) is 49.7 Å². The maximum absolute atomic E-state index is 3.52. The summed E-state index contributed by atoms with van der Waals surface area (Å²) >= 11 is 0. The van der Waals surface area contributed by atoms with Crippen LogP contribution in [-0.2, 0) is 12.8 Å². The summed E-state index contributed by atoms with van der Waals surface area (Å²) in [7, 11) is 2.13. The molecule has 4 rings (SSSR count). The van der Waals surface area contributed by atoms with E-state index in [-0.39, 0.29) is 0 Å². The van der Waals surface area contributed by atoms with Gasteiger partial charge in [0, 0.05) is 23.8 Å². The van der Waals surface area contributed by atoms with Crippen LogP contribution < -0.4 is 10.2 Å². The highest BCUT2D eigenvalue weighted by atomic mass is 15.2. The molecule has 1 aliphatic carbocycles. The van der Waals surface area contributed by atoms with E-state index in [1.165, 1.54) is 57.1 Å². The molecule has 2 heteroatoms. The summed E-state index contributed by atoms with van der Waals surface area (Å²) in [5, 5.41) is 3.52. The van der Waals surface area contributed by atoms with Gasteiger partial charge in [0.05, 0.1) is 0 Å². The molecule has 2 unspecified atom stereocenters. The van der Waals surface area contributed by atoms with Crippen molar-refractivity contribution in [1.82, 2.24) is 5.32 Å². The first kappa shape index (κ1) is 12.7. The average molecular weight is 270 g/mol. The summed E-state index contributed by atoms with van der Waals surface area (Å²) in [6.45, 7) is 0. The summed E-state index contributed by atoms with van der Waals surface area (Å²) in [5.74, 6) is 0. The van der Waals surface area contributed by atoms with Crippen molar-refractivity contribution in [1.29, 1.82) is 0 Å². The summed E-state index contributed by atoms with van der Waals surface area (Å²) in [4.78, 5) is 2.77. The maximum Gasteiger partial charge on any atom is 0.0374 e. The van der Waals surface area contributed by atoms with Crippen LogP contribution in [0.25, 0.3) is 0 Å². The lowest BCUT2D eigenvalue weighted by Crippen LogP contribution is -2.56. The highest BCUT2D eigenvalue weighted by Crippen LogP contribution is 2.39. The van der Waals surface area contributed by atoms with Crippen LogP contribution in [-0.4, -0.2) is 25.2 Å². The SMILES string of the molecule is CNC1CC2CCCC(C1)N2c1ccc2c(c1)CCC2. The zero-order chi connectivity index (χ0) is 13.5. The van der Waals surface area contributed by atoms with Gasteiger partial charge in [-0.3, -0.25) is 0 Å². The Kier molecular flexibility index (Phi) is 3.22. The Morgan fingerprint density at radius 1 is 1.00 bits per heavy atom. The van der Waals surface area contributed by atoms with Crippen LogP contribution in [0.4, 0.5) is 5.69 Å². The summed E-state index contributed by atoms with van der Waals surface area (Å²) < 4.78 is 0. The van der Waals surface area contributed by atoms with E-state index in [1.807, 2.05) is 0 Å². The molecule has 20 heavy (non-hydrogen) atoms. The number of piperidine rings is 2. The second-order valence-electron chi connectivity index (χ2n) is 6.91. The molecule has 2 aliphatic heterocycles. The standard InChI is InChI=1S/C18H26N2/c1-19-15-11-16-6-3-7-17(12-15)20(16)18-9-8-13-4-2-5-14(13)10-18/h8-10,15-17,19H,2-7,11-12H2,1H3. The van der Waals surface area contributed by atoms with Crippen LogP contribution in [0.15, 0.2) is 18.2 Å². The van der Waals surface area contributed by atoms with Crippen LogP contribution in [0, 0.1) is 0 Å². The molecular weight excluding hydrogens is 244 g/mol. The molecule has 1 aromatic carbocycles. The third-order valence-corrected chi connectivity index (χ3v) is 5.76. The van der Waals surface area contributed by atoms with Crippen LogP contribution >= 0.6 is 0 Å². The minimum absolute atomic E-state index is 0.732. The summed E-state index contributed by atoms with van der Waals surface area (Å²) in [6, 6.07) is 9.56. The normalized spacial score (nSPS) is 32.2. The number of aryl methyl sites for hydroxylation is 2. The zero-order valence-corrected chi connectivity index (χ0v) is 12.6. The lowest BCUT2D eigenvalue weighted by atomic mass is 9.81. The van der Waals surface area contributed by atoms with Crippen molar-refractivity contribution >= 4 is 5.69 Å². The van der Waals surface area contributed by atoms with Gasteiger partial charge in [-0.25, -0.2) is 0 Å². The molecule has 108 valence electrons. The minimum Gasteiger partial charge on any atom is -0.365 e. The van der Waals surface area contributed by atoms with Gasteiger partial charge in [0.15, 0.2) is 0 Å². The Balaban J connectivity index is 1.64. The minimum atomic E-state index is 0.732. The summed E-state index contributed by atoms with van der Waals surface area (Å²) in [6.07, 6.45) is 10.8. The largest absolute Gasteiger partial charge is 0.365 e. The van der Waals surface area contributed by atoms with Crippen molar-refractivity contribution in [3.05, 3.63) is 29.3 Å². The number of hydrogen-bond donors (Lipinski definition) is 1. The predicted molar refractivity (Wildman–Crippen MR) is 84.5 cm³/mol. The Morgan fingerprint density at radius 3 is 2.50 bits per heavy atom. The van der Waals surface area contributed by atoms with Gasteiger partial charge < -0.3 is 10.2 Å². The second kappa shape index (κ2) is 5.07. The van der Waals surface area contributed by atoms with Gasteiger partial charge in [0.25, 0.3) is 0 Å². The first-order valence-electron chi connectivity index (χ1n) is 8.42. The summed E-state index contributed by atoms with van der Waals surface area (Å²) in [5.41, 5.74) is 4.73. The van der Waals surface area contributed by atoms with E-state index in [9.17, 15) is 0 Å². The molecule has 2 nitrogen and oxygen atoms in total. The molecule has 2 atom stereocenters. The van der Waals surface area contributed by atoms with Crippen molar-refractivity contribution in [2.45, 2.75) is 69.5 Å². The van der Waals surface area contributed by atoms with E-state index in [0.29, 0.717) is 0 Å². The van der Waals surface area contributed by atoms with Crippen LogP contribution in [0.2, 0.25) is 0 Å². The van der Waals surface area contributed by atoms with Gasteiger partial charge in [-0.05, 0) is 81.7 Å². The number of fused-ring (bicyclic) bond motifs is 3. The van der Waals surface area contributed by atoms with Gasteiger partial charge in [0.1, 0.15) is 0 Å².